The molecule has 0 aliphatic carbocycles. The zero-order valence-corrected chi connectivity index (χ0v) is 12.4. The monoisotopic (exact) mass is 334 g/mol. The van der Waals surface area contributed by atoms with Gasteiger partial charge in [-0.25, -0.2) is 4.98 Å². The molecule has 3 rings (SSSR count). The first-order valence-electron chi connectivity index (χ1n) is 7.17. The second-order valence-electron chi connectivity index (χ2n) is 5.07. The minimum Gasteiger partial charge on any atom is -0.350 e. The maximum absolute atomic E-state index is 13.2. The maximum atomic E-state index is 13.2. The number of halogens is 3. The van der Waals surface area contributed by atoms with Gasteiger partial charge in [0, 0.05) is 31.0 Å². The third-order valence-corrected chi connectivity index (χ3v) is 3.47. The number of alkyl halides is 3. The minimum atomic E-state index is -4.56. The van der Waals surface area contributed by atoms with Gasteiger partial charge in [-0.3, -0.25) is 9.78 Å². The summed E-state index contributed by atoms with van der Waals surface area (Å²) in [7, 11) is 0. The van der Waals surface area contributed by atoms with Crippen LogP contribution in [0, 0.1) is 0 Å². The summed E-state index contributed by atoms with van der Waals surface area (Å²) in [5.74, 6) is -1.34. The molecular weight excluding hydrogens is 321 g/mol. The van der Waals surface area contributed by atoms with E-state index in [9.17, 15) is 18.0 Å². The van der Waals surface area contributed by atoms with E-state index in [2.05, 4.69) is 15.3 Å². The fraction of sp³-hybridized carbons (Fsp3) is 0.188. The van der Waals surface area contributed by atoms with Crippen LogP contribution in [0.2, 0.25) is 0 Å². The van der Waals surface area contributed by atoms with Crippen LogP contribution in [0.15, 0.2) is 48.8 Å². The normalized spacial score (nSPS) is 11.6. The SMILES string of the molecule is O=C(NCCn1c(C(F)(F)F)nc2ccccc21)c1ccncc1. The van der Waals surface area contributed by atoms with Crippen LogP contribution in [-0.4, -0.2) is 27.0 Å². The number of amides is 1. The van der Waals surface area contributed by atoms with Gasteiger partial charge in [-0.15, -0.1) is 0 Å². The predicted octanol–water partition coefficient (Wildman–Crippen LogP) is 2.88. The van der Waals surface area contributed by atoms with Crippen molar-refractivity contribution < 1.29 is 18.0 Å². The highest BCUT2D eigenvalue weighted by Gasteiger charge is 2.37. The molecule has 3 aromatic rings. The Hall–Kier alpha value is -2.90. The number of aromatic nitrogens is 3. The van der Waals surface area contributed by atoms with Crippen LogP contribution in [-0.2, 0) is 12.7 Å². The van der Waals surface area contributed by atoms with Crippen LogP contribution in [0.4, 0.5) is 13.2 Å². The van der Waals surface area contributed by atoms with E-state index in [1.54, 1.807) is 18.2 Å². The lowest BCUT2D eigenvalue weighted by molar-refractivity contribution is -0.146. The van der Waals surface area contributed by atoms with E-state index in [1.807, 2.05) is 0 Å². The molecule has 5 nitrogen and oxygen atoms in total. The molecule has 0 radical (unpaired) electrons. The molecule has 0 fully saturated rings. The zero-order chi connectivity index (χ0) is 17.2. The van der Waals surface area contributed by atoms with Gasteiger partial charge in [0.15, 0.2) is 0 Å². The zero-order valence-electron chi connectivity index (χ0n) is 12.4. The summed E-state index contributed by atoms with van der Waals surface area (Å²) in [5.41, 5.74) is 1.05. The Labute approximate surface area is 135 Å². The number of pyridine rings is 1. The van der Waals surface area contributed by atoms with Crippen molar-refractivity contribution >= 4 is 16.9 Å². The Morgan fingerprint density at radius 1 is 1.12 bits per heavy atom. The number of hydrogen-bond donors (Lipinski definition) is 1. The Balaban J connectivity index is 1.79. The van der Waals surface area contributed by atoms with Crippen molar-refractivity contribution in [3.8, 4) is 0 Å². The number of carbonyl (C=O) groups is 1. The first-order chi connectivity index (χ1) is 11.5. The van der Waals surface area contributed by atoms with Crippen LogP contribution in [0.3, 0.4) is 0 Å². The molecule has 0 aliphatic heterocycles. The Bertz CT molecular complexity index is 859. The molecule has 0 saturated carbocycles. The highest BCUT2D eigenvalue weighted by Crippen LogP contribution is 2.31. The second-order valence-corrected chi connectivity index (χ2v) is 5.07. The number of imidazole rings is 1. The maximum Gasteiger partial charge on any atom is 0.449 e. The van der Waals surface area contributed by atoms with Crippen molar-refractivity contribution in [3.05, 3.63) is 60.2 Å². The summed E-state index contributed by atoms with van der Waals surface area (Å²) in [5, 5.41) is 2.60. The molecule has 2 heterocycles. The van der Waals surface area contributed by atoms with E-state index in [4.69, 9.17) is 0 Å². The van der Waals surface area contributed by atoms with Crippen LogP contribution in [0.5, 0.6) is 0 Å². The Morgan fingerprint density at radius 3 is 2.54 bits per heavy atom. The van der Waals surface area contributed by atoms with Crippen molar-refractivity contribution in [2.24, 2.45) is 0 Å². The van der Waals surface area contributed by atoms with Crippen LogP contribution in [0.25, 0.3) is 11.0 Å². The topological polar surface area (TPSA) is 59.8 Å². The molecule has 0 aliphatic rings. The first kappa shape index (κ1) is 16.0. The molecule has 0 atom stereocenters. The molecule has 8 heteroatoms. The lowest BCUT2D eigenvalue weighted by Gasteiger charge is -2.12. The Morgan fingerprint density at radius 2 is 1.83 bits per heavy atom. The molecular formula is C16H13F3N4O. The lowest BCUT2D eigenvalue weighted by Crippen LogP contribution is -2.28. The number of fused-ring (bicyclic) bond motifs is 1. The Kier molecular flexibility index (Phi) is 4.20. The lowest BCUT2D eigenvalue weighted by atomic mass is 10.2. The molecule has 1 aromatic carbocycles. The number of rotatable bonds is 4. The number of para-hydroxylation sites is 2. The van der Waals surface area contributed by atoms with Gasteiger partial charge in [-0.05, 0) is 24.3 Å². The molecule has 1 amide bonds. The summed E-state index contributed by atoms with van der Waals surface area (Å²) >= 11 is 0. The predicted molar refractivity (Wildman–Crippen MR) is 81.3 cm³/mol. The molecule has 0 bridgehead atoms. The minimum absolute atomic E-state index is 0.0355. The molecule has 24 heavy (non-hydrogen) atoms. The van der Waals surface area contributed by atoms with Gasteiger partial charge in [0.1, 0.15) is 0 Å². The number of nitrogens with zero attached hydrogens (tertiary/aromatic N) is 3. The van der Waals surface area contributed by atoms with Gasteiger partial charge < -0.3 is 9.88 Å². The molecule has 1 N–H and O–H groups in total. The second kappa shape index (κ2) is 6.31. The quantitative estimate of drug-likeness (QED) is 0.798. The summed E-state index contributed by atoms with van der Waals surface area (Å²) in [6, 6.07) is 9.44. The van der Waals surface area contributed by atoms with E-state index < -0.39 is 12.0 Å². The fourth-order valence-corrected chi connectivity index (χ4v) is 2.40. The highest BCUT2D eigenvalue weighted by atomic mass is 19.4. The van der Waals surface area contributed by atoms with Crippen LogP contribution >= 0.6 is 0 Å². The summed E-state index contributed by atoms with van der Waals surface area (Å²) < 4.78 is 40.6. The molecule has 124 valence electrons. The largest absolute Gasteiger partial charge is 0.449 e. The molecule has 0 saturated heterocycles. The van der Waals surface area contributed by atoms with Crippen LogP contribution < -0.4 is 5.32 Å². The van der Waals surface area contributed by atoms with Crippen LogP contribution in [0.1, 0.15) is 16.2 Å². The van der Waals surface area contributed by atoms with E-state index in [0.29, 0.717) is 11.1 Å². The molecule has 0 spiro atoms. The highest BCUT2D eigenvalue weighted by molar-refractivity contribution is 5.93. The number of carbonyl (C=O) groups excluding carboxylic acids is 1. The summed E-state index contributed by atoms with van der Waals surface area (Å²) in [4.78, 5) is 19.4. The van der Waals surface area contributed by atoms with Crippen molar-refractivity contribution in [1.29, 1.82) is 0 Å². The van der Waals surface area contributed by atoms with E-state index >= 15 is 0 Å². The molecule has 2 aromatic heterocycles. The van der Waals surface area contributed by atoms with Gasteiger partial charge in [0.05, 0.1) is 11.0 Å². The van der Waals surface area contributed by atoms with Crippen molar-refractivity contribution in [3.63, 3.8) is 0 Å². The summed E-state index contributed by atoms with van der Waals surface area (Å²) in [6.07, 6.45) is -1.62. The molecule has 0 unspecified atom stereocenters. The van der Waals surface area contributed by atoms with E-state index in [0.717, 1.165) is 4.57 Å². The average Bonchev–Trinajstić information content (AvgIpc) is 2.95. The smallest absolute Gasteiger partial charge is 0.350 e. The van der Waals surface area contributed by atoms with Gasteiger partial charge >= 0.3 is 6.18 Å². The van der Waals surface area contributed by atoms with Gasteiger partial charge in [-0.2, -0.15) is 13.2 Å². The number of hydrogen-bond acceptors (Lipinski definition) is 3. The first-order valence-corrected chi connectivity index (χ1v) is 7.17. The van der Waals surface area contributed by atoms with E-state index in [-0.39, 0.29) is 24.5 Å². The number of nitrogens with one attached hydrogen (secondary N) is 1. The standard InChI is InChI=1S/C16H13F3N4O/c17-16(18,19)15-22-12-3-1-2-4-13(12)23(15)10-9-21-14(24)11-5-7-20-8-6-11/h1-8H,9-10H2,(H,21,24). The van der Waals surface area contributed by atoms with Gasteiger partial charge in [0.25, 0.3) is 5.91 Å². The van der Waals surface area contributed by atoms with Gasteiger partial charge in [-0.1, -0.05) is 12.1 Å². The third kappa shape index (κ3) is 3.22. The average molecular weight is 334 g/mol. The summed E-state index contributed by atoms with van der Waals surface area (Å²) in [6.45, 7) is 0.0107. The van der Waals surface area contributed by atoms with E-state index in [1.165, 1.54) is 30.6 Å². The fourth-order valence-electron chi connectivity index (χ4n) is 2.40. The van der Waals surface area contributed by atoms with Crippen molar-refractivity contribution in [2.45, 2.75) is 12.7 Å². The number of benzene rings is 1. The third-order valence-electron chi connectivity index (χ3n) is 3.47. The van der Waals surface area contributed by atoms with Crippen molar-refractivity contribution in [2.75, 3.05) is 6.54 Å². The van der Waals surface area contributed by atoms with Gasteiger partial charge in [0.2, 0.25) is 5.82 Å². The van der Waals surface area contributed by atoms with Crippen molar-refractivity contribution in [1.82, 2.24) is 19.9 Å².